The lowest BCUT2D eigenvalue weighted by atomic mass is 10.1. The molecule has 0 bridgehead atoms. The van der Waals surface area contributed by atoms with Crippen molar-refractivity contribution in [2.24, 2.45) is 0 Å². The van der Waals surface area contributed by atoms with Gasteiger partial charge < -0.3 is 19.8 Å². The molecular formula is C67H110N2O6P+. The maximum absolute atomic E-state index is 12.9. The molecule has 0 aliphatic heterocycles. The minimum Gasteiger partial charge on any atom is -0.387 e. The molecule has 1 amide bonds. The lowest BCUT2D eigenvalue weighted by Gasteiger charge is -2.25. The fourth-order valence-corrected chi connectivity index (χ4v) is 8.05. The minimum atomic E-state index is -4.37. The van der Waals surface area contributed by atoms with Gasteiger partial charge in [-0.15, -0.1) is 0 Å². The smallest absolute Gasteiger partial charge is 0.387 e. The van der Waals surface area contributed by atoms with Crippen molar-refractivity contribution in [2.45, 2.75) is 206 Å². The Bertz CT molecular complexity index is 1840. The average Bonchev–Trinajstić information content (AvgIpc) is 3.38. The van der Waals surface area contributed by atoms with Gasteiger partial charge in [0.1, 0.15) is 13.2 Å². The van der Waals surface area contributed by atoms with Gasteiger partial charge in [-0.25, -0.2) is 4.57 Å². The van der Waals surface area contributed by atoms with Crippen molar-refractivity contribution < 1.29 is 32.9 Å². The highest BCUT2D eigenvalue weighted by Gasteiger charge is 2.27. The molecule has 0 aromatic carbocycles. The Labute approximate surface area is 466 Å². The molecule has 0 aliphatic carbocycles. The summed E-state index contributed by atoms with van der Waals surface area (Å²) in [6, 6.07) is -0.887. The Morgan fingerprint density at radius 2 is 0.803 bits per heavy atom. The van der Waals surface area contributed by atoms with E-state index in [1.54, 1.807) is 6.08 Å². The van der Waals surface area contributed by atoms with Gasteiger partial charge in [0.15, 0.2) is 0 Å². The molecule has 0 fully saturated rings. The number of rotatable bonds is 51. The number of allylic oxidation sites excluding steroid dienone is 27. The summed E-state index contributed by atoms with van der Waals surface area (Å²) in [5.74, 6) is -0.212. The number of likely N-dealkylation sites (N-methyl/N-ethyl adjacent to an activating group) is 1. The molecule has 76 heavy (non-hydrogen) atoms. The van der Waals surface area contributed by atoms with Crippen molar-refractivity contribution >= 4 is 13.7 Å². The Hall–Kier alpha value is -4.14. The van der Waals surface area contributed by atoms with Gasteiger partial charge in [-0.2, -0.15) is 0 Å². The third-order valence-corrected chi connectivity index (χ3v) is 12.9. The molecule has 9 heteroatoms. The highest BCUT2D eigenvalue weighted by molar-refractivity contribution is 7.47. The average molecular weight is 1070 g/mol. The molecule has 0 aromatic rings. The van der Waals surface area contributed by atoms with E-state index in [0.29, 0.717) is 17.4 Å². The molecular weight excluding hydrogens is 960 g/mol. The van der Waals surface area contributed by atoms with Crippen LogP contribution >= 0.6 is 7.82 Å². The number of phosphoric ester groups is 1. The van der Waals surface area contributed by atoms with Gasteiger partial charge in [0.05, 0.1) is 39.9 Å². The zero-order valence-electron chi connectivity index (χ0n) is 48.7. The second-order valence-electron chi connectivity index (χ2n) is 20.3. The zero-order valence-corrected chi connectivity index (χ0v) is 49.6. The first kappa shape index (κ1) is 71.9. The van der Waals surface area contributed by atoms with E-state index >= 15 is 0 Å². The number of aliphatic hydroxyl groups is 1. The summed E-state index contributed by atoms with van der Waals surface area (Å²) in [6.45, 7) is 4.59. The van der Waals surface area contributed by atoms with E-state index in [9.17, 15) is 19.4 Å². The summed E-state index contributed by atoms with van der Waals surface area (Å²) in [4.78, 5) is 23.2. The fourth-order valence-electron chi connectivity index (χ4n) is 7.31. The first-order valence-corrected chi connectivity index (χ1v) is 31.0. The molecule has 0 rings (SSSR count). The third-order valence-electron chi connectivity index (χ3n) is 11.9. The number of quaternary nitrogens is 1. The van der Waals surface area contributed by atoms with E-state index in [4.69, 9.17) is 9.05 Å². The number of unbranched alkanes of at least 4 members (excludes halogenated alkanes) is 12. The second-order valence-corrected chi connectivity index (χ2v) is 21.7. The van der Waals surface area contributed by atoms with Crippen molar-refractivity contribution in [1.82, 2.24) is 5.32 Å². The van der Waals surface area contributed by atoms with E-state index in [2.05, 4.69) is 177 Å². The number of nitrogens with zero attached hydrogens (tertiary/aromatic N) is 1. The molecule has 0 saturated heterocycles. The van der Waals surface area contributed by atoms with Crippen LogP contribution in [0.2, 0.25) is 0 Å². The number of amides is 1. The minimum absolute atomic E-state index is 0.0420. The SMILES string of the molecule is CC/C=C\C/C=C\C/C=C\C/C=C\C/C=C\C/C=C\C/C=C\C/C=C\C/C=C\C/C=C\C/C=C\CCCCCCCCCC(=O)NC(COP(=O)(O)OCC[N+](C)(C)C)C(O)/C=C/CC/C=C/CC/C=C/CCCCC. The Morgan fingerprint density at radius 3 is 1.21 bits per heavy atom. The van der Waals surface area contributed by atoms with Crippen LogP contribution in [0.1, 0.15) is 194 Å². The van der Waals surface area contributed by atoms with E-state index in [0.717, 1.165) is 135 Å². The van der Waals surface area contributed by atoms with Crippen LogP contribution in [0.5, 0.6) is 0 Å². The van der Waals surface area contributed by atoms with Crippen LogP contribution in [0.25, 0.3) is 0 Å². The van der Waals surface area contributed by atoms with Crippen LogP contribution in [-0.2, 0) is 18.4 Å². The zero-order chi connectivity index (χ0) is 55.6. The predicted molar refractivity (Wildman–Crippen MR) is 331 cm³/mol. The number of hydrogen-bond donors (Lipinski definition) is 3. The topological polar surface area (TPSA) is 105 Å². The van der Waals surface area contributed by atoms with E-state index in [-0.39, 0.29) is 19.1 Å². The molecule has 3 unspecified atom stereocenters. The fraction of sp³-hybridized carbons (Fsp3) is 0.567. The monoisotopic (exact) mass is 1070 g/mol. The quantitative estimate of drug-likeness (QED) is 0.0243. The molecule has 428 valence electrons. The molecule has 3 atom stereocenters. The van der Waals surface area contributed by atoms with Crippen molar-refractivity contribution in [1.29, 1.82) is 0 Å². The maximum Gasteiger partial charge on any atom is 0.472 e. The summed E-state index contributed by atoms with van der Waals surface area (Å²) in [7, 11) is 1.51. The molecule has 0 radical (unpaired) electrons. The van der Waals surface area contributed by atoms with Crippen molar-refractivity contribution in [3.8, 4) is 0 Å². The summed E-state index contributed by atoms with van der Waals surface area (Å²) in [5, 5.41) is 13.8. The van der Waals surface area contributed by atoms with Crippen molar-refractivity contribution in [2.75, 3.05) is 40.9 Å². The third kappa shape index (κ3) is 57.6. The van der Waals surface area contributed by atoms with Crippen LogP contribution in [0.3, 0.4) is 0 Å². The molecule has 8 nitrogen and oxygen atoms in total. The lowest BCUT2D eigenvalue weighted by molar-refractivity contribution is -0.870. The Balaban J connectivity index is 4.17. The summed E-state index contributed by atoms with van der Waals surface area (Å²) in [5.41, 5.74) is 0. The summed E-state index contributed by atoms with van der Waals surface area (Å²) >= 11 is 0. The molecule has 0 spiro atoms. The van der Waals surface area contributed by atoms with Gasteiger partial charge in [-0.3, -0.25) is 13.8 Å². The van der Waals surface area contributed by atoms with E-state index < -0.39 is 20.0 Å². The molecule has 0 heterocycles. The lowest BCUT2D eigenvalue weighted by Crippen LogP contribution is -2.45. The van der Waals surface area contributed by atoms with Crippen molar-refractivity contribution in [3.05, 3.63) is 170 Å². The van der Waals surface area contributed by atoms with Gasteiger partial charge >= 0.3 is 7.82 Å². The van der Waals surface area contributed by atoms with Crippen LogP contribution in [0.15, 0.2) is 170 Å². The van der Waals surface area contributed by atoms with Gasteiger partial charge in [-0.1, -0.05) is 229 Å². The van der Waals surface area contributed by atoms with E-state index in [1.807, 2.05) is 27.2 Å². The summed E-state index contributed by atoms with van der Waals surface area (Å²) in [6.07, 6.45) is 89.0. The highest BCUT2D eigenvalue weighted by Crippen LogP contribution is 2.43. The Morgan fingerprint density at radius 1 is 0.461 bits per heavy atom. The number of nitrogens with one attached hydrogen (secondary N) is 1. The number of phosphoric acid groups is 1. The maximum atomic E-state index is 12.9. The highest BCUT2D eigenvalue weighted by atomic mass is 31.2. The van der Waals surface area contributed by atoms with Gasteiger partial charge in [0.2, 0.25) is 5.91 Å². The Kier molecular flexibility index (Phi) is 52.6. The van der Waals surface area contributed by atoms with Gasteiger partial charge in [0, 0.05) is 6.42 Å². The molecule has 0 saturated carbocycles. The van der Waals surface area contributed by atoms with Gasteiger partial charge in [-0.05, 0) is 128 Å². The predicted octanol–water partition coefficient (Wildman–Crippen LogP) is 18.4. The molecule has 0 aliphatic rings. The van der Waals surface area contributed by atoms with Crippen LogP contribution in [0.4, 0.5) is 0 Å². The number of aliphatic hydroxyl groups excluding tert-OH is 1. The van der Waals surface area contributed by atoms with Crippen molar-refractivity contribution in [3.63, 3.8) is 0 Å². The van der Waals surface area contributed by atoms with Crippen LogP contribution < -0.4 is 5.32 Å². The van der Waals surface area contributed by atoms with E-state index in [1.165, 1.54) is 38.5 Å². The molecule has 0 aromatic heterocycles. The van der Waals surface area contributed by atoms with Gasteiger partial charge in [0.25, 0.3) is 0 Å². The van der Waals surface area contributed by atoms with Crippen LogP contribution in [0, 0.1) is 0 Å². The first-order chi connectivity index (χ1) is 37.0. The number of carbonyl (C=O) groups is 1. The van der Waals surface area contributed by atoms with Crippen LogP contribution in [-0.4, -0.2) is 73.4 Å². The number of carbonyl (C=O) groups excluding carboxylic acids is 1. The normalized spacial score (nSPS) is 15.1. The summed E-state index contributed by atoms with van der Waals surface area (Å²) < 4.78 is 23.6. The largest absolute Gasteiger partial charge is 0.472 e. The standard InChI is InChI=1S/C67H109N2O6P/c1-6-8-10-12-14-16-18-20-21-22-23-24-25-26-27-28-29-30-31-32-33-34-35-36-37-38-39-40-41-42-43-44-45-46-47-49-51-53-55-57-59-61-67(71)68-65(64-75-76(72,73)74-63-62-69(3,4)5)66(70)60-58-56-54-52-50-48-19-17-15-13-11-9-7-2/h8,10,14-17,20-21,23-24,26-27,29-30,32-33,35-36,38-39,41-42,44-45,50,52,58,60,65-66,70H,6-7,9,11-13,18-19,22,25,28,31,34,37,40,43,46-49,51,53-57,59,61-64H2,1-5H3,(H-,68,71,72,73)/p+1/b10-8-,16-14-,17-15+,21-20-,24-23-,27-26-,30-29-,33-32-,36-35-,39-38-,42-41-,45-44-,52-50+,60-58+. The number of hydrogen-bond acceptors (Lipinski definition) is 5. The first-order valence-electron chi connectivity index (χ1n) is 29.5. The second kappa shape index (κ2) is 55.6. The molecule has 3 N–H and O–H groups in total.